The first-order valence-corrected chi connectivity index (χ1v) is 10.1. The molecule has 0 aliphatic rings. The molecular weight excluding hydrogens is 418 g/mol. The summed E-state index contributed by atoms with van der Waals surface area (Å²) in [5.74, 6) is -3.39. The summed E-state index contributed by atoms with van der Waals surface area (Å²) in [5.41, 5.74) is 7.26. The molecule has 11 nitrogen and oxygen atoms in total. The molecule has 3 amide bonds. The van der Waals surface area contributed by atoms with Crippen molar-refractivity contribution < 1.29 is 29.4 Å². The fraction of sp³-hybridized carbons (Fsp3) is 0.429. The summed E-state index contributed by atoms with van der Waals surface area (Å²) in [4.78, 5) is 51.7. The lowest BCUT2D eigenvalue weighted by Gasteiger charge is -2.23. The minimum Gasteiger partial charge on any atom is -0.480 e. The number of nitrogens with two attached hydrogens (primary N) is 1. The Kier molecular flexibility index (Phi) is 8.33. The number of carbonyl (C=O) groups is 4. The highest BCUT2D eigenvalue weighted by atomic mass is 16.4. The number of carbonyl (C=O) groups excluding carboxylic acids is 3. The predicted molar refractivity (Wildman–Crippen MR) is 116 cm³/mol. The van der Waals surface area contributed by atoms with Crippen LogP contribution in [0.15, 0.2) is 30.5 Å². The van der Waals surface area contributed by atoms with Gasteiger partial charge in [-0.2, -0.15) is 0 Å². The second-order valence-corrected chi connectivity index (χ2v) is 7.71. The van der Waals surface area contributed by atoms with Gasteiger partial charge in [0.2, 0.25) is 17.7 Å². The molecule has 1 aromatic heterocycles. The molecular formula is C21H29N5O6. The van der Waals surface area contributed by atoms with E-state index in [4.69, 9.17) is 10.8 Å². The summed E-state index contributed by atoms with van der Waals surface area (Å²) >= 11 is 0. The normalized spacial score (nSPS) is 15.8. The quantitative estimate of drug-likeness (QED) is 0.243. The van der Waals surface area contributed by atoms with Crippen molar-refractivity contribution in [3.8, 4) is 0 Å². The smallest absolute Gasteiger partial charge is 0.328 e. The number of amides is 3. The van der Waals surface area contributed by atoms with Crippen LogP contribution in [0.2, 0.25) is 0 Å². The molecule has 0 saturated heterocycles. The Labute approximate surface area is 184 Å². The lowest BCUT2D eigenvalue weighted by Crippen LogP contribution is -2.57. The van der Waals surface area contributed by atoms with Gasteiger partial charge in [0.05, 0.1) is 12.1 Å². The summed E-state index contributed by atoms with van der Waals surface area (Å²) in [6.45, 7) is 4.07. The number of H-pyrrole nitrogens is 1. The largest absolute Gasteiger partial charge is 0.480 e. The molecule has 1 aromatic carbocycles. The highest BCUT2D eigenvalue weighted by molar-refractivity contribution is 5.94. The van der Waals surface area contributed by atoms with Crippen LogP contribution < -0.4 is 21.7 Å². The Morgan fingerprint density at radius 3 is 2.25 bits per heavy atom. The Morgan fingerprint density at radius 2 is 1.66 bits per heavy atom. The van der Waals surface area contributed by atoms with Crippen LogP contribution >= 0.6 is 0 Å². The van der Waals surface area contributed by atoms with Crippen LogP contribution in [0, 0.1) is 0 Å². The molecule has 2 aromatic rings. The van der Waals surface area contributed by atoms with Gasteiger partial charge < -0.3 is 36.9 Å². The molecule has 8 N–H and O–H groups in total. The molecule has 0 aliphatic heterocycles. The third-order valence-corrected chi connectivity index (χ3v) is 4.94. The fourth-order valence-corrected chi connectivity index (χ4v) is 3.08. The van der Waals surface area contributed by atoms with E-state index >= 15 is 0 Å². The number of rotatable bonds is 10. The van der Waals surface area contributed by atoms with E-state index in [1.54, 1.807) is 6.20 Å². The number of aliphatic hydroxyl groups is 1. The standard InChI is InChI=1S/C21H29N5O6/c1-10(22)18(28)25-16(8-13-9-23-15-7-5-4-6-14(13)15)20(30)24-11(2)19(29)26-17(12(3)27)21(31)32/h4-7,9-12,16-17,23,27H,8,22H2,1-3H3,(H,24,30)(H,25,28)(H,26,29)(H,31,32). The molecule has 0 radical (unpaired) electrons. The van der Waals surface area contributed by atoms with Gasteiger partial charge in [0, 0.05) is 23.5 Å². The van der Waals surface area contributed by atoms with Gasteiger partial charge in [-0.3, -0.25) is 14.4 Å². The molecule has 2 rings (SSSR count). The Bertz CT molecular complexity index is 986. The topological polar surface area (TPSA) is 187 Å². The lowest BCUT2D eigenvalue weighted by molar-refractivity contribution is -0.145. The second kappa shape index (κ2) is 10.7. The third-order valence-electron chi connectivity index (χ3n) is 4.94. The Morgan fingerprint density at radius 1 is 1.00 bits per heavy atom. The molecule has 0 spiro atoms. The van der Waals surface area contributed by atoms with Gasteiger partial charge in [-0.25, -0.2) is 4.79 Å². The number of carboxylic acid groups (broad SMARTS) is 1. The SMILES string of the molecule is CC(N)C(=O)NC(Cc1c[nH]c2ccccc12)C(=O)NC(C)C(=O)NC(C(=O)O)C(C)O. The first-order chi connectivity index (χ1) is 15.0. The summed E-state index contributed by atoms with van der Waals surface area (Å²) in [5, 5.41) is 26.7. The minimum absolute atomic E-state index is 0.133. The zero-order valence-corrected chi connectivity index (χ0v) is 18.1. The number of hydrogen-bond acceptors (Lipinski definition) is 6. The molecule has 0 fully saturated rings. The van der Waals surface area contributed by atoms with Crippen LogP contribution in [0.25, 0.3) is 10.9 Å². The van der Waals surface area contributed by atoms with E-state index in [1.165, 1.54) is 20.8 Å². The van der Waals surface area contributed by atoms with Crippen molar-refractivity contribution in [2.24, 2.45) is 5.73 Å². The maximum atomic E-state index is 12.9. The van der Waals surface area contributed by atoms with E-state index in [0.717, 1.165) is 16.5 Å². The van der Waals surface area contributed by atoms with Gasteiger partial charge in [0.25, 0.3) is 0 Å². The number of aromatic amines is 1. The molecule has 11 heteroatoms. The van der Waals surface area contributed by atoms with E-state index in [-0.39, 0.29) is 6.42 Å². The zero-order chi connectivity index (χ0) is 24.0. The summed E-state index contributed by atoms with van der Waals surface area (Å²) in [6.07, 6.45) is 0.534. The molecule has 32 heavy (non-hydrogen) atoms. The number of fused-ring (bicyclic) bond motifs is 1. The number of hydrogen-bond donors (Lipinski definition) is 7. The van der Waals surface area contributed by atoms with Crippen LogP contribution in [-0.2, 0) is 25.6 Å². The van der Waals surface area contributed by atoms with E-state index in [0.29, 0.717) is 0 Å². The van der Waals surface area contributed by atoms with Crippen molar-refractivity contribution >= 4 is 34.6 Å². The number of aliphatic carboxylic acids is 1. The first kappa shape index (κ1) is 24.8. The van der Waals surface area contributed by atoms with Crippen molar-refractivity contribution in [2.45, 2.75) is 57.5 Å². The summed E-state index contributed by atoms with van der Waals surface area (Å²) in [7, 11) is 0. The first-order valence-electron chi connectivity index (χ1n) is 10.1. The molecule has 0 bridgehead atoms. The van der Waals surface area contributed by atoms with Gasteiger partial charge in [0.1, 0.15) is 12.1 Å². The Hall–Kier alpha value is -3.44. The van der Waals surface area contributed by atoms with E-state index in [1.807, 2.05) is 24.3 Å². The molecule has 174 valence electrons. The monoisotopic (exact) mass is 447 g/mol. The highest BCUT2D eigenvalue weighted by Gasteiger charge is 2.30. The van der Waals surface area contributed by atoms with Crippen molar-refractivity contribution in [1.82, 2.24) is 20.9 Å². The number of aliphatic hydroxyl groups excluding tert-OH is 1. The zero-order valence-electron chi connectivity index (χ0n) is 18.1. The number of para-hydroxylation sites is 1. The molecule has 5 atom stereocenters. The predicted octanol–water partition coefficient (Wildman–Crippen LogP) is -1.00. The average Bonchev–Trinajstić information content (AvgIpc) is 3.13. The number of carboxylic acids is 1. The van der Waals surface area contributed by atoms with E-state index < -0.39 is 54.0 Å². The van der Waals surface area contributed by atoms with Crippen LogP contribution in [0.5, 0.6) is 0 Å². The van der Waals surface area contributed by atoms with Crippen LogP contribution in [0.1, 0.15) is 26.3 Å². The molecule has 5 unspecified atom stereocenters. The molecule has 1 heterocycles. The fourth-order valence-electron chi connectivity index (χ4n) is 3.08. The average molecular weight is 447 g/mol. The lowest BCUT2D eigenvalue weighted by atomic mass is 10.0. The van der Waals surface area contributed by atoms with Crippen LogP contribution in [0.3, 0.4) is 0 Å². The number of benzene rings is 1. The van der Waals surface area contributed by atoms with Crippen LogP contribution in [-0.4, -0.2) is 69.2 Å². The van der Waals surface area contributed by atoms with E-state index in [9.17, 15) is 24.3 Å². The van der Waals surface area contributed by atoms with Crippen molar-refractivity contribution in [1.29, 1.82) is 0 Å². The number of nitrogens with one attached hydrogen (secondary N) is 4. The van der Waals surface area contributed by atoms with Crippen molar-refractivity contribution in [3.63, 3.8) is 0 Å². The number of aromatic nitrogens is 1. The van der Waals surface area contributed by atoms with Crippen molar-refractivity contribution in [3.05, 3.63) is 36.0 Å². The maximum absolute atomic E-state index is 12.9. The second-order valence-electron chi connectivity index (χ2n) is 7.71. The van der Waals surface area contributed by atoms with E-state index in [2.05, 4.69) is 20.9 Å². The maximum Gasteiger partial charge on any atom is 0.328 e. The van der Waals surface area contributed by atoms with Gasteiger partial charge in [0.15, 0.2) is 6.04 Å². The molecule has 0 aliphatic carbocycles. The minimum atomic E-state index is -1.53. The van der Waals surface area contributed by atoms with Crippen molar-refractivity contribution in [2.75, 3.05) is 0 Å². The summed E-state index contributed by atoms with van der Waals surface area (Å²) in [6, 6.07) is 2.93. The van der Waals surface area contributed by atoms with Gasteiger partial charge in [-0.05, 0) is 32.4 Å². The van der Waals surface area contributed by atoms with Crippen LogP contribution in [0.4, 0.5) is 0 Å². The summed E-state index contributed by atoms with van der Waals surface area (Å²) < 4.78 is 0. The van der Waals surface area contributed by atoms with Gasteiger partial charge >= 0.3 is 5.97 Å². The van der Waals surface area contributed by atoms with Gasteiger partial charge in [-0.1, -0.05) is 18.2 Å². The highest BCUT2D eigenvalue weighted by Crippen LogP contribution is 2.19. The molecule has 0 saturated carbocycles. The Balaban J connectivity index is 2.16. The third kappa shape index (κ3) is 6.28. The van der Waals surface area contributed by atoms with Gasteiger partial charge in [-0.15, -0.1) is 0 Å².